The Morgan fingerprint density at radius 1 is 1.35 bits per heavy atom. The van der Waals surface area contributed by atoms with Crippen molar-refractivity contribution >= 4 is 23.4 Å². The average Bonchev–Trinajstić information content (AvgIpc) is 2.87. The quantitative estimate of drug-likeness (QED) is 0.602. The van der Waals surface area contributed by atoms with Gasteiger partial charge in [0.2, 0.25) is 0 Å². The Kier molecular flexibility index (Phi) is 5.55. The molecular weight excluding hydrogens is 310 g/mol. The first-order chi connectivity index (χ1) is 10.8. The summed E-state index contributed by atoms with van der Waals surface area (Å²) in [6, 6.07) is 7.54. The first-order valence-corrected chi connectivity index (χ1v) is 8.25. The number of rotatable bonds is 5. The summed E-state index contributed by atoms with van der Waals surface area (Å²) in [5.74, 6) is 0.378. The molecular formula is C18H21NO3S. The molecule has 23 heavy (non-hydrogen) atoms. The Morgan fingerprint density at radius 2 is 2.13 bits per heavy atom. The number of aryl methyl sites for hydroxylation is 1. The van der Waals surface area contributed by atoms with Gasteiger partial charge < -0.3 is 9.47 Å². The van der Waals surface area contributed by atoms with Crippen molar-refractivity contribution in [1.82, 2.24) is 4.98 Å². The van der Waals surface area contributed by atoms with Crippen molar-refractivity contribution in [2.45, 2.75) is 39.9 Å². The van der Waals surface area contributed by atoms with Crippen molar-refractivity contribution in [1.29, 1.82) is 0 Å². The predicted octanol–water partition coefficient (Wildman–Crippen LogP) is 4.39. The smallest absolute Gasteiger partial charge is 0.331 e. The molecule has 1 aromatic heterocycles. The van der Waals surface area contributed by atoms with Gasteiger partial charge in [0.15, 0.2) is 0 Å². The van der Waals surface area contributed by atoms with Gasteiger partial charge in [-0.3, -0.25) is 0 Å². The first-order valence-electron chi connectivity index (χ1n) is 7.37. The van der Waals surface area contributed by atoms with Crippen LogP contribution >= 0.6 is 11.3 Å². The highest BCUT2D eigenvalue weighted by Crippen LogP contribution is 2.17. The molecule has 5 heteroatoms. The summed E-state index contributed by atoms with van der Waals surface area (Å²) in [6.45, 7) is 7.92. The van der Waals surface area contributed by atoms with Crippen LogP contribution in [0.5, 0.6) is 5.75 Å². The van der Waals surface area contributed by atoms with E-state index in [0.29, 0.717) is 6.61 Å². The summed E-state index contributed by atoms with van der Waals surface area (Å²) >= 11 is 1.60. The molecule has 0 fully saturated rings. The van der Waals surface area contributed by atoms with Crippen LogP contribution in [0.2, 0.25) is 0 Å². The van der Waals surface area contributed by atoms with Crippen LogP contribution < -0.4 is 4.74 Å². The fourth-order valence-corrected chi connectivity index (χ4v) is 2.44. The highest BCUT2D eigenvalue weighted by Gasteiger charge is 2.13. The molecule has 1 heterocycles. The Morgan fingerprint density at radius 3 is 2.78 bits per heavy atom. The van der Waals surface area contributed by atoms with Gasteiger partial charge in [-0.25, -0.2) is 9.78 Å². The van der Waals surface area contributed by atoms with Crippen molar-refractivity contribution in [3.05, 3.63) is 52.0 Å². The lowest BCUT2D eigenvalue weighted by Crippen LogP contribution is -2.22. The average molecular weight is 331 g/mol. The van der Waals surface area contributed by atoms with E-state index >= 15 is 0 Å². The second-order valence-electron chi connectivity index (χ2n) is 6.09. The van der Waals surface area contributed by atoms with Gasteiger partial charge in [0.05, 0.1) is 10.7 Å². The summed E-state index contributed by atoms with van der Waals surface area (Å²) in [6.07, 6.45) is 3.14. The van der Waals surface area contributed by atoms with Crippen LogP contribution in [0, 0.1) is 6.92 Å². The third-order valence-electron chi connectivity index (χ3n) is 2.73. The normalized spacial score (nSPS) is 11.7. The molecule has 0 aliphatic heterocycles. The molecule has 0 N–H and O–H groups in total. The number of carbonyl (C=O) groups is 1. The molecule has 0 unspecified atom stereocenters. The van der Waals surface area contributed by atoms with E-state index in [4.69, 9.17) is 9.47 Å². The number of aromatic nitrogens is 1. The second kappa shape index (κ2) is 7.42. The van der Waals surface area contributed by atoms with Crippen LogP contribution in [0.1, 0.15) is 37.0 Å². The summed E-state index contributed by atoms with van der Waals surface area (Å²) in [4.78, 5) is 16.0. The van der Waals surface area contributed by atoms with E-state index < -0.39 is 5.60 Å². The Hall–Kier alpha value is -2.14. The summed E-state index contributed by atoms with van der Waals surface area (Å²) < 4.78 is 11.0. The molecule has 0 aliphatic carbocycles. The fraction of sp³-hybridized carbons (Fsp3) is 0.333. The number of hydrogen-bond acceptors (Lipinski definition) is 5. The zero-order valence-corrected chi connectivity index (χ0v) is 14.6. The molecule has 0 saturated heterocycles. The first kappa shape index (κ1) is 17.2. The lowest BCUT2D eigenvalue weighted by Gasteiger charge is -2.17. The molecule has 1 aromatic carbocycles. The number of esters is 1. The van der Waals surface area contributed by atoms with Crippen molar-refractivity contribution in [3.63, 3.8) is 0 Å². The van der Waals surface area contributed by atoms with Gasteiger partial charge in [0.25, 0.3) is 0 Å². The topological polar surface area (TPSA) is 48.4 Å². The minimum Gasteiger partial charge on any atom is -0.487 e. The summed E-state index contributed by atoms with van der Waals surface area (Å²) in [5.41, 5.74) is 1.31. The SMILES string of the molecule is Cc1nc(COc2cccc(/C=C/C(=O)OC(C)(C)C)c2)cs1. The highest BCUT2D eigenvalue weighted by molar-refractivity contribution is 7.09. The zero-order chi connectivity index (χ0) is 16.9. The molecule has 0 bridgehead atoms. The van der Waals surface area contributed by atoms with Crippen LogP contribution in [-0.2, 0) is 16.1 Å². The van der Waals surface area contributed by atoms with Crippen molar-refractivity contribution in [3.8, 4) is 5.75 Å². The summed E-state index contributed by atoms with van der Waals surface area (Å²) in [5, 5.41) is 3.01. The highest BCUT2D eigenvalue weighted by atomic mass is 32.1. The Bertz CT molecular complexity index is 698. The van der Waals surface area contributed by atoms with Crippen LogP contribution in [0.25, 0.3) is 6.08 Å². The van der Waals surface area contributed by atoms with Gasteiger partial charge in [-0.1, -0.05) is 12.1 Å². The molecule has 0 aliphatic rings. The van der Waals surface area contributed by atoms with Crippen molar-refractivity contribution in [2.24, 2.45) is 0 Å². The van der Waals surface area contributed by atoms with Crippen LogP contribution in [0.3, 0.4) is 0 Å². The van der Waals surface area contributed by atoms with Gasteiger partial charge in [0.1, 0.15) is 18.0 Å². The lowest BCUT2D eigenvalue weighted by molar-refractivity contribution is -0.148. The number of hydrogen-bond donors (Lipinski definition) is 0. The maximum absolute atomic E-state index is 11.7. The Balaban J connectivity index is 1.95. The van der Waals surface area contributed by atoms with Gasteiger partial charge in [-0.2, -0.15) is 0 Å². The maximum Gasteiger partial charge on any atom is 0.331 e. The number of thiazole rings is 1. The third kappa shape index (κ3) is 6.24. The van der Waals surface area contributed by atoms with E-state index in [2.05, 4.69) is 4.98 Å². The maximum atomic E-state index is 11.7. The van der Waals surface area contributed by atoms with E-state index in [9.17, 15) is 4.79 Å². The van der Waals surface area contributed by atoms with E-state index in [0.717, 1.165) is 22.0 Å². The minimum atomic E-state index is -0.488. The summed E-state index contributed by atoms with van der Waals surface area (Å²) in [7, 11) is 0. The van der Waals surface area contributed by atoms with Crippen molar-refractivity contribution < 1.29 is 14.3 Å². The molecule has 0 spiro atoms. The molecule has 0 amide bonds. The number of benzene rings is 1. The largest absolute Gasteiger partial charge is 0.487 e. The van der Waals surface area contributed by atoms with Crippen molar-refractivity contribution in [2.75, 3.05) is 0 Å². The molecule has 2 aromatic rings. The lowest BCUT2D eigenvalue weighted by atomic mass is 10.2. The van der Waals surface area contributed by atoms with E-state index in [1.165, 1.54) is 6.08 Å². The molecule has 2 rings (SSSR count). The molecule has 4 nitrogen and oxygen atoms in total. The number of nitrogens with zero attached hydrogens (tertiary/aromatic N) is 1. The van der Waals surface area contributed by atoms with E-state index in [1.807, 2.05) is 57.3 Å². The van der Waals surface area contributed by atoms with Crippen LogP contribution in [0.4, 0.5) is 0 Å². The monoisotopic (exact) mass is 331 g/mol. The molecule has 0 saturated carbocycles. The molecule has 0 radical (unpaired) electrons. The molecule has 0 atom stereocenters. The Labute approximate surface area is 140 Å². The predicted molar refractivity (Wildman–Crippen MR) is 92.5 cm³/mol. The third-order valence-corrected chi connectivity index (χ3v) is 3.55. The van der Waals surface area contributed by atoms with Crippen LogP contribution in [0.15, 0.2) is 35.7 Å². The van der Waals surface area contributed by atoms with E-state index in [-0.39, 0.29) is 5.97 Å². The van der Waals surface area contributed by atoms with Gasteiger partial charge in [0, 0.05) is 11.5 Å². The number of carbonyl (C=O) groups excluding carboxylic acids is 1. The van der Waals surface area contributed by atoms with Gasteiger partial charge in [-0.15, -0.1) is 11.3 Å². The minimum absolute atomic E-state index is 0.359. The fourth-order valence-electron chi connectivity index (χ4n) is 1.84. The zero-order valence-electron chi connectivity index (χ0n) is 13.8. The van der Waals surface area contributed by atoms with E-state index in [1.54, 1.807) is 17.4 Å². The molecule has 122 valence electrons. The second-order valence-corrected chi connectivity index (χ2v) is 7.15. The number of ether oxygens (including phenoxy) is 2. The standard InChI is InChI=1S/C18H21NO3S/c1-13-19-15(12-23-13)11-21-16-7-5-6-14(10-16)8-9-17(20)22-18(2,3)4/h5-10,12H,11H2,1-4H3/b9-8+. The van der Waals surface area contributed by atoms with Gasteiger partial charge >= 0.3 is 5.97 Å². The van der Waals surface area contributed by atoms with Gasteiger partial charge in [-0.05, 0) is 51.5 Å². The van der Waals surface area contributed by atoms with Crippen LogP contribution in [-0.4, -0.2) is 16.6 Å².